The molecule has 7 aromatic carbocycles. The van der Waals surface area contributed by atoms with Gasteiger partial charge in [-0.3, -0.25) is 4.57 Å². The molecular weight excluding hydrogens is 544 g/mol. The first-order valence-electron chi connectivity index (χ1n) is 15.7. The average Bonchev–Trinajstić information content (AvgIpc) is 3.53. The summed E-state index contributed by atoms with van der Waals surface area (Å²) < 4.78 is 2.27. The van der Waals surface area contributed by atoms with E-state index in [0.29, 0.717) is 0 Å². The molecule has 8 aromatic rings. The highest BCUT2D eigenvalue weighted by atomic mass is 15.1. The third kappa shape index (κ3) is 3.72. The summed E-state index contributed by atoms with van der Waals surface area (Å²) in [6.07, 6.45) is 0. The lowest BCUT2D eigenvalue weighted by atomic mass is 9.80. The molecule has 45 heavy (non-hydrogen) atoms. The van der Waals surface area contributed by atoms with Crippen LogP contribution in [-0.4, -0.2) is 9.55 Å². The maximum Gasteiger partial charge on any atom is 0.111 e. The maximum atomic E-state index is 4.85. The molecule has 0 saturated heterocycles. The van der Waals surface area contributed by atoms with Crippen LogP contribution in [0.15, 0.2) is 140 Å². The van der Waals surface area contributed by atoms with Gasteiger partial charge in [-0.2, -0.15) is 0 Å². The Bertz CT molecular complexity index is 2420. The predicted molar refractivity (Wildman–Crippen MR) is 189 cm³/mol. The van der Waals surface area contributed by atoms with E-state index in [2.05, 4.69) is 165 Å². The highest BCUT2D eigenvalue weighted by molar-refractivity contribution is 6.21. The Morgan fingerprint density at radius 1 is 0.511 bits per heavy atom. The van der Waals surface area contributed by atoms with Crippen LogP contribution < -0.4 is 0 Å². The van der Waals surface area contributed by atoms with Gasteiger partial charge in [0.15, 0.2) is 0 Å². The lowest BCUT2D eigenvalue weighted by Crippen LogP contribution is -2.14. The first-order chi connectivity index (χ1) is 22.0. The number of imidazole rings is 1. The molecule has 2 nitrogen and oxygen atoms in total. The van der Waals surface area contributed by atoms with Gasteiger partial charge in [0.05, 0.1) is 11.0 Å². The average molecular weight is 577 g/mol. The summed E-state index contributed by atoms with van der Waals surface area (Å²) in [5.41, 5.74) is 13.8. The summed E-state index contributed by atoms with van der Waals surface area (Å²) in [7, 11) is 0. The fraction of sp³-hybridized carbons (Fsp3) is 0.0930. The zero-order valence-corrected chi connectivity index (χ0v) is 25.7. The molecule has 0 saturated carbocycles. The van der Waals surface area contributed by atoms with Crippen LogP contribution in [0.3, 0.4) is 0 Å². The number of para-hydroxylation sites is 2. The number of benzene rings is 7. The van der Waals surface area contributed by atoms with Gasteiger partial charge in [-0.25, -0.2) is 4.98 Å². The van der Waals surface area contributed by atoms with Gasteiger partial charge in [0, 0.05) is 11.1 Å². The summed E-state index contributed by atoms with van der Waals surface area (Å²) in [5, 5.41) is 5.07. The van der Waals surface area contributed by atoms with E-state index in [4.69, 9.17) is 4.98 Å². The van der Waals surface area contributed by atoms with Gasteiger partial charge >= 0.3 is 0 Å². The summed E-state index contributed by atoms with van der Waals surface area (Å²) in [5.74, 6) is 0.986. The Labute approximate surface area is 263 Å². The molecule has 2 heteroatoms. The van der Waals surface area contributed by atoms with Crippen LogP contribution in [0.4, 0.5) is 0 Å². The van der Waals surface area contributed by atoms with Crippen molar-refractivity contribution in [2.45, 2.75) is 26.2 Å². The largest absolute Gasteiger partial charge is 0.297 e. The first kappa shape index (κ1) is 26.0. The van der Waals surface area contributed by atoms with E-state index in [0.717, 1.165) is 22.5 Å². The lowest BCUT2D eigenvalue weighted by Gasteiger charge is -2.23. The molecular formula is C43H32N2. The molecule has 1 aliphatic rings. The maximum absolute atomic E-state index is 4.85. The molecule has 0 unspecified atom stereocenters. The molecule has 1 aromatic heterocycles. The zero-order chi connectivity index (χ0) is 30.3. The smallest absolute Gasteiger partial charge is 0.111 e. The number of nitrogens with zero attached hydrogens (tertiary/aromatic N) is 2. The van der Waals surface area contributed by atoms with Gasteiger partial charge in [-0.1, -0.05) is 123 Å². The molecule has 0 bridgehead atoms. The highest BCUT2D eigenvalue weighted by Gasteiger charge is 2.35. The van der Waals surface area contributed by atoms with Gasteiger partial charge < -0.3 is 0 Å². The van der Waals surface area contributed by atoms with Crippen LogP contribution in [0.2, 0.25) is 0 Å². The van der Waals surface area contributed by atoms with Crippen molar-refractivity contribution in [1.29, 1.82) is 0 Å². The van der Waals surface area contributed by atoms with Crippen molar-refractivity contribution in [3.05, 3.63) is 156 Å². The van der Waals surface area contributed by atoms with Crippen LogP contribution in [0, 0.1) is 6.92 Å². The van der Waals surface area contributed by atoms with Gasteiger partial charge in [0.1, 0.15) is 5.82 Å². The highest BCUT2D eigenvalue weighted by Crippen LogP contribution is 2.51. The zero-order valence-electron chi connectivity index (χ0n) is 25.7. The Kier molecular flexibility index (Phi) is 5.49. The molecule has 0 spiro atoms. The fourth-order valence-electron chi connectivity index (χ4n) is 7.88. The van der Waals surface area contributed by atoms with Crippen LogP contribution in [-0.2, 0) is 5.41 Å². The Hall–Kier alpha value is -5.47. The van der Waals surface area contributed by atoms with E-state index in [1.807, 2.05) is 0 Å². The molecule has 1 heterocycles. The fourth-order valence-corrected chi connectivity index (χ4v) is 7.88. The van der Waals surface area contributed by atoms with Crippen molar-refractivity contribution in [3.63, 3.8) is 0 Å². The molecule has 214 valence electrons. The lowest BCUT2D eigenvalue weighted by molar-refractivity contribution is 0.660. The minimum Gasteiger partial charge on any atom is -0.297 e. The Balaban J connectivity index is 1.30. The number of hydrogen-bond donors (Lipinski definition) is 0. The Morgan fingerprint density at radius 2 is 1.09 bits per heavy atom. The monoisotopic (exact) mass is 576 g/mol. The van der Waals surface area contributed by atoms with Crippen molar-refractivity contribution >= 4 is 32.6 Å². The van der Waals surface area contributed by atoms with Crippen molar-refractivity contribution < 1.29 is 0 Å². The molecule has 0 fully saturated rings. The van der Waals surface area contributed by atoms with Gasteiger partial charge in [-0.05, 0) is 103 Å². The van der Waals surface area contributed by atoms with Gasteiger partial charge in [0.2, 0.25) is 0 Å². The minimum absolute atomic E-state index is 0.0520. The SMILES string of the molecule is Cc1nc2ccccc2n1-c1cccc(-c2c3ccccc3c(-c3ccc4c(c3)C(C)(C)c3ccccc3-4)c3ccccc23)c1. The number of hydrogen-bond acceptors (Lipinski definition) is 1. The van der Waals surface area contributed by atoms with Crippen molar-refractivity contribution in [2.75, 3.05) is 0 Å². The molecule has 9 rings (SSSR count). The van der Waals surface area contributed by atoms with Crippen LogP contribution in [0.25, 0.3) is 71.6 Å². The quantitative estimate of drug-likeness (QED) is 0.191. The molecule has 0 radical (unpaired) electrons. The van der Waals surface area contributed by atoms with E-state index >= 15 is 0 Å². The van der Waals surface area contributed by atoms with Crippen LogP contribution in [0.1, 0.15) is 30.8 Å². The van der Waals surface area contributed by atoms with Crippen LogP contribution >= 0.6 is 0 Å². The normalized spacial score (nSPS) is 13.4. The number of aromatic nitrogens is 2. The summed E-state index contributed by atoms with van der Waals surface area (Å²) in [4.78, 5) is 4.85. The molecule has 0 atom stereocenters. The number of fused-ring (bicyclic) bond motifs is 6. The molecule has 1 aliphatic carbocycles. The standard InChI is InChI=1S/C43H32N2/c1-27-44-39-21-10-11-22-40(39)45(27)30-14-12-13-28(25-30)41-33-16-4-6-18-35(33)42(36-19-7-5-17-34(36)41)29-23-24-32-31-15-8-9-20-37(31)43(2,3)38(32)26-29/h4-26H,1-3H3. The van der Waals surface area contributed by atoms with Crippen LogP contribution in [0.5, 0.6) is 0 Å². The predicted octanol–water partition coefficient (Wildman–Crippen LogP) is 11.3. The van der Waals surface area contributed by atoms with E-state index in [9.17, 15) is 0 Å². The summed E-state index contributed by atoms with van der Waals surface area (Å²) in [6, 6.07) is 51.2. The number of rotatable bonds is 3. The topological polar surface area (TPSA) is 17.8 Å². The van der Waals surface area contributed by atoms with E-state index in [1.165, 1.54) is 66.1 Å². The Morgan fingerprint density at radius 3 is 1.80 bits per heavy atom. The van der Waals surface area contributed by atoms with E-state index < -0.39 is 0 Å². The summed E-state index contributed by atoms with van der Waals surface area (Å²) in [6.45, 7) is 6.81. The second-order valence-electron chi connectivity index (χ2n) is 12.8. The van der Waals surface area contributed by atoms with Gasteiger partial charge in [0.25, 0.3) is 0 Å². The van der Waals surface area contributed by atoms with E-state index in [-0.39, 0.29) is 5.41 Å². The van der Waals surface area contributed by atoms with Crippen molar-refractivity contribution in [3.8, 4) is 39.1 Å². The van der Waals surface area contributed by atoms with Crippen molar-refractivity contribution in [2.24, 2.45) is 0 Å². The third-order valence-corrected chi connectivity index (χ3v) is 9.93. The second kappa shape index (κ2) is 9.51. The first-order valence-corrected chi connectivity index (χ1v) is 15.7. The summed E-state index contributed by atoms with van der Waals surface area (Å²) >= 11 is 0. The van der Waals surface area contributed by atoms with Gasteiger partial charge in [-0.15, -0.1) is 0 Å². The molecule has 0 amide bonds. The van der Waals surface area contributed by atoms with Crippen molar-refractivity contribution in [1.82, 2.24) is 9.55 Å². The van der Waals surface area contributed by atoms with E-state index in [1.54, 1.807) is 0 Å². The second-order valence-corrected chi connectivity index (χ2v) is 12.8. The minimum atomic E-state index is -0.0520. The number of aryl methyl sites for hydroxylation is 1. The third-order valence-electron chi connectivity index (χ3n) is 9.93. The molecule has 0 aliphatic heterocycles. The molecule has 0 N–H and O–H groups in total.